The first kappa shape index (κ1) is 12.5. The first-order valence-electron chi connectivity index (χ1n) is 6.09. The third-order valence-corrected chi connectivity index (χ3v) is 3.91. The van der Waals surface area contributed by atoms with Gasteiger partial charge in [-0.15, -0.1) is 0 Å². The molecule has 0 bridgehead atoms. The molecule has 1 unspecified atom stereocenters. The zero-order valence-electron chi connectivity index (χ0n) is 10.3. The van der Waals surface area contributed by atoms with E-state index >= 15 is 0 Å². The van der Waals surface area contributed by atoms with Gasteiger partial charge < -0.3 is 10.6 Å². The number of nitrogens with zero attached hydrogens (tertiary/aromatic N) is 1. The second-order valence-electron chi connectivity index (χ2n) is 4.84. The molecule has 1 fully saturated rings. The van der Waals surface area contributed by atoms with Crippen LogP contribution < -0.4 is 5.73 Å². The SMILES string of the molecule is CCC(CC)(CN)C(=O)N1CCC(C)C1. The van der Waals surface area contributed by atoms with Gasteiger partial charge in [0.1, 0.15) is 0 Å². The van der Waals surface area contributed by atoms with Crippen molar-refractivity contribution < 1.29 is 4.79 Å². The number of hydrogen-bond acceptors (Lipinski definition) is 2. The molecule has 0 aromatic rings. The molecular formula is C12H24N2O. The molecule has 0 aliphatic carbocycles. The lowest BCUT2D eigenvalue weighted by Crippen LogP contribution is -2.46. The molecular weight excluding hydrogens is 188 g/mol. The lowest BCUT2D eigenvalue weighted by atomic mass is 9.81. The molecule has 3 heteroatoms. The highest BCUT2D eigenvalue weighted by atomic mass is 16.2. The van der Waals surface area contributed by atoms with Crippen LogP contribution in [0.1, 0.15) is 40.0 Å². The lowest BCUT2D eigenvalue weighted by molar-refractivity contribution is -0.141. The van der Waals surface area contributed by atoms with Gasteiger partial charge in [-0.25, -0.2) is 0 Å². The van der Waals surface area contributed by atoms with Crippen molar-refractivity contribution in [2.45, 2.75) is 40.0 Å². The van der Waals surface area contributed by atoms with Crippen molar-refractivity contribution in [3.63, 3.8) is 0 Å². The fraction of sp³-hybridized carbons (Fsp3) is 0.917. The average molecular weight is 212 g/mol. The molecule has 1 heterocycles. The summed E-state index contributed by atoms with van der Waals surface area (Å²) in [5.41, 5.74) is 5.48. The number of carbonyl (C=O) groups is 1. The van der Waals surface area contributed by atoms with Gasteiger partial charge in [0.15, 0.2) is 0 Å². The summed E-state index contributed by atoms with van der Waals surface area (Å²) in [6.45, 7) is 8.64. The number of amides is 1. The molecule has 0 radical (unpaired) electrons. The number of nitrogens with two attached hydrogens (primary N) is 1. The fourth-order valence-corrected chi connectivity index (χ4v) is 2.38. The second-order valence-corrected chi connectivity index (χ2v) is 4.84. The van der Waals surface area contributed by atoms with Gasteiger partial charge in [-0.05, 0) is 25.2 Å². The van der Waals surface area contributed by atoms with Gasteiger partial charge in [-0.1, -0.05) is 20.8 Å². The van der Waals surface area contributed by atoms with Crippen molar-refractivity contribution in [1.82, 2.24) is 4.90 Å². The molecule has 1 atom stereocenters. The second kappa shape index (κ2) is 4.97. The number of hydrogen-bond donors (Lipinski definition) is 1. The van der Waals surface area contributed by atoms with Gasteiger partial charge in [-0.3, -0.25) is 4.79 Å². The molecule has 0 aromatic carbocycles. The normalized spacial score (nSPS) is 22.1. The Morgan fingerprint density at radius 3 is 2.40 bits per heavy atom. The summed E-state index contributed by atoms with van der Waals surface area (Å²) in [6.07, 6.45) is 2.84. The molecule has 3 nitrogen and oxygen atoms in total. The van der Waals surface area contributed by atoms with Crippen molar-refractivity contribution in [2.24, 2.45) is 17.1 Å². The van der Waals surface area contributed by atoms with Gasteiger partial charge >= 0.3 is 0 Å². The molecule has 88 valence electrons. The van der Waals surface area contributed by atoms with Gasteiger partial charge in [0.05, 0.1) is 5.41 Å². The molecule has 1 amide bonds. The zero-order chi connectivity index (χ0) is 11.5. The zero-order valence-corrected chi connectivity index (χ0v) is 10.3. The van der Waals surface area contributed by atoms with E-state index in [0.29, 0.717) is 12.5 Å². The molecule has 0 aromatic heterocycles. The first-order valence-corrected chi connectivity index (χ1v) is 6.09. The Balaban J connectivity index is 2.72. The first-order chi connectivity index (χ1) is 7.09. The summed E-state index contributed by atoms with van der Waals surface area (Å²) in [5.74, 6) is 0.928. The van der Waals surface area contributed by atoms with E-state index in [1.54, 1.807) is 0 Å². The third kappa shape index (κ3) is 2.33. The van der Waals surface area contributed by atoms with Crippen LogP contribution in [0.4, 0.5) is 0 Å². The predicted molar refractivity (Wildman–Crippen MR) is 62.4 cm³/mol. The largest absolute Gasteiger partial charge is 0.342 e. The molecule has 15 heavy (non-hydrogen) atoms. The maximum atomic E-state index is 12.4. The van der Waals surface area contributed by atoms with Crippen LogP contribution in [-0.4, -0.2) is 30.4 Å². The van der Waals surface area contributed by atoms with Crippen LogP contribution in [0.5, 0.6) is 0 Å². The van der Waals surface area contributed by atoms with Crippen LogP contribution in [0.25, 0.3) is 0 Å². The topological polar surface area (TPSA) is 46.3 Å². The van der Waals surface area contributed by atoms with Crippen LogP contribution >= 0.6 is 0 Å². The maximum absolute atomic E-state index is 12.4. The Hall–Kier alpha value is -0.570. The van der Waals surface area contributed by atoms with E-state index in [2.05, 4.69) is 20.8 Å². The van der Waals surface area contributed by atoms with E-state index in [1.807, 2.05) is 4.90 Å². The van der Waals surface area contributed by atoms with E-state index in [4.69, 9.17) is 5.73 Å². The Kier molecular flexibility index (Phi) is 4.14. The van der Waals surface area contributed by atoms with Crippen LogP contribution in [0.3, 0.4) is 0 Å². The highest BCUT2D eigenvalue weighted by Gasteiger charge is 2.38. The summed E-state index contributed by atoms with van der Waals surface area (Å²) in [4.78, 5) is 14.4. The van der Waals surface area contributed by atoms with E-state index < -0.39 is 0 Å². The highest BCUT2D eigenvalue weighted by Crippen LogP contribution is 2.30. The molecule has 0 spiro atoms. The van der Waals surface area contributed by atoms with E-state index in [9.17, 15) is 4.79 Å². The fourth-order valence-electron chi connectivity index (χ4n) is 2.38. The molecule has 0 saturated carbocycles. The Bertz CT molecular complexity index is 215. The molecule has 1 saturated heterocycles. The summed E-state index contributed by atoms with van der Waals surface area (Å²) in [5, 5.41) is 0. The van der Waals surface area contributed by atoms with Gasteiger partial charge in [0, 0.05) is 19.6 Å². The number of carbonyl (C=O) groups excluding carboxylic acids is 1. The Morgan fingerprint density at radius 1 is 1.47 bits per heavy atom. The van der Waals surface area contributed by atoms with Crippen LogP contribution in [0, 0.1) is 11.3 Å². The summed E-state index contributed by atoms with van der Waals surface area (Å²) in [6, 6.07) is 0. The third-order valence-electron chi connectivity index (χ3n) is 3.91. The molecule has 2 N–H and O–H groups in total. The van der Waals surface area contributed by atoms with Crippen molar-refractivity contribution in [3.8, 4) is 0 Å². The van der Waals surface area contributed by atoms with Gasteiger partial charge in [-0.2, -0.15) is 0 Å². The summed E-state index contributed by atoms with van der Waals surface area (Å²) in [7, 11) is 0. The van der Waals surface area contributed by atoms with Crippen LogP contribution in [-0.2, 0) is 4.79 Å². The van der Waals surface area contributed by atoms with Crippen molar-refractivity contribution in [1.29, 1.82) is 0 Å². The highest BCUT2D eigenvalue weighted by molar-refractivity contribution is 5.83. The quantitative estimate of drug-likeness (QED) is 0.769. The smallest absolute Gasteiger partial charge is 0.230 e. The maximum Gasteiger partial charge on any atom is 0.230 e. The lowest BCUT2D eigenvalue weighted by Gasteiger charge is -2.33. The number of rotatable bonds is 4. The Morgan fingerprint density at radius 2 is 2.07 bits per heavy atom. The number of likely N-dealkylation sites (tertiary alicyclic amines) is 1. The predicted octanol–water partition coefficient (Wildman–Crippen LogP) is 1.62. The van der Waals surface area contributed by atoms with Crippen molar-refractivity contribution in [2.75, 3.05) is 19.6 Å². The van der Waals surface area contributed by atoms with Crippen molar-refractivity contribution >= 4 is 5.91 Å². The summed E-state index contributed by atoms with van der Waals surface area (Å²) >= 11 is 0. The van der Waals surface area contributed by atoms with Crippen LogP contribution in [0.2, 0.25) is 0 Å². The minimum atomic E-state index is -0.302. The molecule has 1 aliphatic rings. The van der Waals surface area contributed by atoms with Gasteiger partial charge in [0.2, 0.25) is 5.91 Å². The minimum absolute atomic E-state index is 0.277. The van der Waals surface area contributed by atoms with Crippen LogP contribution in [0.15, 0.2) is 0 Å². The molecule has 1 rings (SSSR count). The monoisotopic (exact) mass is 212 g/mol. The minimum Gasteiger partial charge on any atom is -0.342 e. The van der Waals surface area contributed by atoms with E-state index in [0.717, 1.165) is 32.4 Å². The standard InChI is InChI=1S/C12H24N2O/c1-4-12(5-2,9-13)11(15)14-7-6-10(3)8-14/h10H,4-9,13H2,1-3H3. The summed E-state index contributed by atoms with van der Waals surface area (Å²) < 4.78 is 0. The van der Waals surface area contributed by atoms with Gasteiger partial charge in [0.25, 0.3) is 0 Å². The molecule has 1 aliphatic heterocycles. The average Bonchev–Trinajstić information content (AvgIpc) is 2.68. The van der Waals surface area contributed by atoms with E-state index in [1.165, 1.54) is 0 Å². The Labute approximate surface area is 93.0 Å². The van der Waals surface area contributed by atoms with Crippen molar-refractivity contribution in [3.05, 3.63) is 0 Å². The van der Waals surface area contributed by atoms with E-state index in [-0.39, 0.29) is 11.3 Å².